The Morgan fingerprint density at radius 3 is 2.44 bits per heavy atom. The van der Waals surface area contributed by atoms with Crippen LogP contribution in [0.2, 0.25) is 0 Å². The molecule has 3 fully saturated rings. The first-order chi connectivity index (χ1) is 8.90. The van der Waals surface area contributed by atoms with Gasteiger partial charge in [-0.15, -0.1) is 5.10 Å². The zero-order valence-corrected chi connectivity index (χ0v) is 10.8. The lowest BCUT2D eigenvalue weighted by Crippen LogP contribution is -2.22. The smallest absolute Gasteiger partial charge is 0.165 e. The SMILES string of the molecule is C(NC1CC1)c1nnnn1CC(C1CC1)C1CC1. The van der Waals surface area contributed by atoms with Crippen LogP contribution >= 0.6 is 0 Å². The van der Waals surface area contributed by atoms with Crippen LogP contribution in [-0.4, -0.2) is 26.2 Å². The highest BCUT2D eigenvalue weighted by atomic mass is 15.5. The lowest BCUT2D eigenvalue weighted by atomic mass is 9.98. The molecule has 0 radical (unpaired) electrons. The highest BCUT2D eigenvalue weighted by molar-refractivity contribution is 4.93. The van der Waals surface area contributed by atoms with E-state index in [1.807, 2.05) is 0 Å². The minimum Gasteiger partial charge on any atom is -0.307 e. The van der Waals surface area contributed by atoms with Crippen LogP contribution < -0.4 is 5.32 Å². The van der Waals surface area contributed by atoms with Crippen LogP contribution in [0.1, 0.15) is 44.3 Å². The molecule has 0 bridgehead atoms. The molecule has 3 aliphatic rings. The molecule has 18 heavy (non-hydrogen) atoms. The van der Waals surface area contributed by atoms with Crippen molar-refractivity contribution in [3.8, 4) is 0 Å². The predicted molar refractivity (Wildman–Crippen MR) is 66.6 cm³/mol. The largest absolute Gasteiger partial charge is 0.307 e. The maximum atomic E-state index is 4.19. The highest BCUT2D eigenvalue weighted by Gasteiger charge is 2.41. The van der Waals surface area contributed by atoms with Crippen LogP contribution in [0.15, 0.2) is 0 Å². The molecule has 3 aliphatic carbocycles. The van der Waals surface area contributed by atoms with Gasteiger partial charge in [-0.05, 0) is 66.7 Å². The summed E-state index contributed by atoms with van der Waals surface area (Å²) in [6, 6.07) is 0.720. The van der Waals surface area contributed by atoms with Gasteiger partial charge in [0.15, 0.2) is 5.82 Å². The molecule has 3 saturated carbocycles. The summed E-state index contributed by atoms with van der Waals surface area (Å²) < 4.78 is 2.05. The van der Waals surface area contributed by atoms with Gasteiger partial charge in [0.2, 0.25) is 0 Å². The van der Waals surface area contributed by atoms with Gasteiger partial charge in [-0.1, -0.05) is 0 Å². The van der Waals surface area contributed by atoms with Crippen molar-refractivity contribution in [2.75, 3.05) is 0 Å². The lowest BCUT2D eigenvalue weighted by Gasteiger charge is -2.15. The van der Waals surface area contributed by atoms with Gasteiger partial charge in [0.05, 0.1) is 6.54 Å². The van der Waals surface area contributed by atoms with Gasteiger partial charge in [0.25, 0.3) is 0 Å². The van der Waals surface area contributed by atoms with Crippen LogP contribution in [0.25, 0.3) is 0 Å². The molecular formula is C13H21N5. The van der Waals surface area contributed by atoms with Crippen LogP contribution in [0.4, 0.5) is 0 Å². The van der Waals surface area contributed by atoms with E-state index >= 15 is 0 Å². The van der Waals surface area contributed by atoms with Gasteiger partial charge in [0.1, 0.15) is 0 Å². The topological polar surface area (TPSA) is 55.6 Å². The lowest BCUT2D eigenvalue weighted by molar-refractivity contribution is 0.323. The molecule has 0 aromatic carbocycles. The average molecular weight is 247 g/mol. The summed E-state index contributed by atoms with van der Waals surface area (Å²) in [7, 11) is 0. The summed E-state index contributed by atoms with van der Waals surface area (Å²) in [5.74, 6) is 3.79. The molecule has 5 heteroatoms. The van der Waals surface area contributed by atoms with Crippen molar-refractivity contribution in [2.45, 2.75) is 57.7 Å². The first-order valence-corrected chi connectivity index (χ1v) is 7.38. The Kier molecular flexibility index (Phi) is 2.60. The quantitative estimate of drug-likeness (QED) is 0.790. The molecule has 1 aromatic rings. The fraction of sp³-hybridized carbons (Fsp3) is 0.923. The van der Waals surface area contributed by atoms with Crippen LogP contribution in [0, 0.1) is 17.8 Å². The van der Waals surface area contributed by atoms with Crippen molar-refractivity contribution < 1.29 is 0 Å². The third-order valence-corrected chi connectivity index (χ3v) is 4.57. The van der Waals surface area contributed by atoms with Crippen molar-refractivity contribution >= 4 is 0 Å². The molecule has 0 aliphatic heterocycles. The van der Waals surface area contributed by atoms with E-state index in [1.165, 1.54) is 38.5 Å². The standard InChI is InChI=1S/C13H21N5/c1-2-9(1)12(10-3-4-10)8-18-13(15-16-17-18)7-14-11-5-6-11/h9-12,14H,1-8H2. The number of tetrazole rings is 1. The van der Waals surface area contributed by atoms with E-state index in [0.717, 1.165) is 42.7 Å². The molecule has 0 atom stereocenters. The van der Waals surface area contributed by atoms with E-state index < -0.39 is 0 Å². The van der Waals surface area contributed by atoms with Crippen molar-refractivity contribution in [1.29, 1.82) is 0 Å². The number of nitrogens with one attached hydrogen (secondary N) is 1. The number of aromatic nitrogens is 4. The molecule has 0 saturated heterocycles. The summed E-state index contributed by atoms with van der Waals surface area (Å²) in [6.07, 6.45) is 8.35. The van der Waals surface area contributed by atoms with Gasteiger partial charge in [-0.3, -0.25) is 0 Å². The fourth-order valence-electron chi connectivity index (χ4n) is 2.95. The summed E-state index contributed by atoms with van der Waals surface area (Å²) in [6.45, 7) is 1.88. The van der Waals surface area contributed by atoms with E-state index in [9.17, 15) is 0 Å². The van der Waals surface area contributed by atoms with Crippen LogP contribution in [0.3, 0.4) is 0 Å². The molecule has 1 heterocycles. The van der Waals surface area contributed by atoms with Crippen molar-refractivity contribution in [1.82, 2.24) is 25.5 Å². The summed E-state index contributed by atoms with van der Waals surface area (Å²) in [5.41, 5.74) is 0. The molecule has 0 amide bonds. The van der Waals surface area contributed by atoms with Crippen molar-refractivity contribution in [2.24, 2.45) is 17.8 Å². The van der Waals surface area contributed by atoms with Gasteiger partial charge >= 0.3 is 0 Å². The summed E-state index contributed by atoms with van der Waals surface area (Å²) in [4.78, 5) is 0. The van der Waals surface area contributed by atoms with Crippen molar-refractivity contribution in [3.05, 3.63) is 5.82 Å². The van der Waals surface area contributed by atoms with E-state index in [-0.39, 0.29) is 0 Å². The second kappa shape index (κ2) is 4.30. The van der Waals surface area contributed by atoms with Crippen molar-refractivity contribution in [3.63, 3.8) is 0 Å². The Hall–Kier alpha value is -0.970. The van der Waals surface area contributed by atoms with E-state index in [1.54, 1.807) is 0 Å². The molecule has 98 valence electrons. The van der Waals surface area contributed by atoms with Gasteiger partial charge < -0.3 is 5.32 Å². The van der Waals surface area contributed by atoms with E-state index in [4.69, 9.17) is 0 Å². The minimum atomic E-state index is 0.720. The predicted octanol–water partition coefficient (Wildman–Crippen LogP) is 1.36. The zero-order valence-electron chi connectivity index (χ0n) is 10.8. The Labute approximate surface area is 107 Å². The molecule has 4 rings (SSSR count). The third kappa shape index (κ3) is 2.41. The normalized spacial score (nSPS) is 23.8. The Bertz CT molecular complexity index is 405. The Balaban J connectivity index is 1.41. The number of nitrogens with zero attached hydrogens (tertiary/aromatic N) is 4. The number of hydrogen-bond donors (Lipinski definition) is 1. The molecule has 0 unspecified atom stereocenters. The van der Waals surface area contributed by atoms with E-state index in [2.05, 4.69) is 25.5 Å². The third-order valence-electron chi connectivity index (χ3n) is 4.57. The highest BCUT2D eigenvalue weighted by Crippen LogP contribution is 2.49. The Morgan fingerprint density at radius 1 is 1.11 bits per heavy atom. The zero-order chi connectivity index (χ0) is 11.9. The van der Waals surface area contributed by atoms with Gasteiger partial charge in [-0.2, -0.15) is 0 Å². The summed E-state index contributed by atoms with van der Waals surface area (Å²) in [5, 5.41) is 15.7. The maximum Gasteiger partial charge on any atom is 0.165 e. The maximum absolute atomic E-state index is 4.19. The van der Waals surface area contributed by atoms with Crippen LogP contribution in [0.5, 0.6) is 0 Å². The first kappa shape index (κ1) is 10.9. The van der Waals surface area contributed by atoms with Gasteiger partial charge in [0, 0.05) is 12.6 Å². The molecular weight excluding hydrogens is 226 g/mol. The Morgan fingerprint density at radius 2 is 1.83 bits per heavy atom. The number of hydrogen-bond acceptors (Lipinski definition) is 4. The molecule has 1 N–H and O–H groups in total. The minimum absolute atomic E-state index is 0.720. The van der Waals surface area contributed by atoms with E-state index in [0.29, 0.717) is 0 Å². The fourth-order valence-corrected chi connectivity index (χ4v) is 2.95. The second-order valence-electron chi connectivity index (χ2n) is 6.27. The first-order valence-electron chi connectivity index (χ1n) is 7.38. The average Bonchev–Trinajstić information content (AvgIpc) is 3.24. The molecule has 0 spiro atoms. The second-order valence-corrected chi connectivity index (χ2v) is 6.27. The van der Waals surface area contributed by atoms with Gasteiger partial charge in [-0.25, -0.2) is 4.68 Å². The molecule has 1 aromatic heterocycles. The molecule has 5 nitrogen and oxygen atoms in total. The number of rotatable bonds is 7. The monoisotopic (exact) mass is 247 g/mol. The summed E-state index contributed by atoms with van der Waals surface area (Å²) >= 11 is 0. The van der Waals surface area contributed by atoms with Crippen LogP contribution in [-0.2, 0) is 13.1 Å².